The van der Waals surface area contributed by atoms with Crippen molar-refractivity contribution >= 4 is 0 Å². The SMILES string of the molecule is [CH2]CCC1(C)CCCCCCCCC1. The molecule has 0 nitrogen and oxygen atoms in total. The predicted molar refractivity (Wildman–Crippen MR) is 64.3 cm³/mol. The highest BCUT2D eigenvalue weighted by atomic mass is 14.3. The first-order valence-corrected chi connectivity index (χ1v) is 6.56. The first-order chi connectivity index (χ1) is 6.77. The molecule has 0 atom stereocenters. The van der Waals surface area contributed by atoms with Crippen LogP contribution in [0.25, 0.3) is 0 Å². The maximum atomic E-state index is 4.02. The smallest absolute Gasteiger partial charge is 0.0326 e. The zero-order chi connectivity index (χ0) is 10.3. The number of hydrogen-bond donors (Lipinski definition) is 0. The standard InChI is InChI=1S/C14H27/c1-3-11-14(2)12-9-7-5-4-6-8-10-13-14/h1,3-13H2,2H3. The molecule has 0 aromatic rings. The Morgan fingerprint density at radius 2 is 1.29 bits per heavy atom. The molecule has 0 spiro atoms. The minimum atomic E-state index is 0.624. The molecule has 0 aliphatic heterocycles. The minimum absolute atomic E-state index is 0.624. The molecule has 0 heteroatoms. The lowest BCUT2D eigenvalue weighted by Crippen LogP contribution is -2.16. The lowest BCUT2D eigenvalue weighted by Gasteiger charge is -2.30. The van der Waals surface area contributed by atoms with E-state index in [-0.39, 0.29) is 0 Å². The van der Waals surface area contributed by atoms with Gasteiger partial charge in [-0.15, -0.1) is 0 Å². The molecule has 0 bridgehead atoms. The third-order valence-corrected chi connectivity index (χ3v) is 3.84. The van der Waals surface area contributed by atoms with Gasteiger partial charge in [0.05, 0.1) is 0 Å². The summed E-state index contributed by atoms with van der Waals surface area (Å²) >= 11 is 0. The van der Waals surface area contributed by atoms with Crippen molar-refractivity contribution in [2.45, 2.75) is 77.6 Å². The van der Waals surface area contributed by atoms with E-state index in [1.165, 1.54) is 64.2 Å². The Morgan fingerprint density at radius 1 is 0.857 bits per heavy atom. The van der Waals surface area contributed by atoms with Crippen molar-refractivity contribution in [2.24, 2.45) is 5.41 Å². The Bertz CT molecular complexity index is 127. The molecule has 1 fully saturated rings. The first-order valence-electron chi connectivity index (χ1n) is 6.56. The van der Waals surface area contributed by atoms with Crippen LogP contribution in [0.1, 0.15) is 77.6 Å². The maximum absolute atomic E-state index is 4.02. The van der Waals surface area contributed by atoms with Gasteiger partial charge in [0.2, 0.25) is 0 Å². The van der Waals surface area contributed by atoms with Crippen LogP contribution in [-0.2, 0) is 0 Å². The van der Waals surface area contributed by atoms with E-state index < -0.39 is 0 Å². The molecule has 0 unspecified atom stereocenters. The fourth-order valence-corrected chi connectivity index (χ4v) is 2.79. The Morgan fingerprint density at radius 3 is 1.71 bits per heavy atom. The molecule has 1 rings (SSSR count). The molecule has 1 aliphatic carbocycles. The molecule has 0 N–H and O–H groups in total. The van der Waals surface area contributed by atoms with Crippen LogP contribution in [-0.4, -0.2) is 0 Å². The van der Waals surface area contributed by atoms with Gasteiger partial charge in [-0.1, -0.05) is 65.2 Å². The van der Waals surface area contributed by atoms with Crippen LogP contribution < -0.4 is 0 Å². The zero-order valence-electron chi connectivity index (χ0n) is 9.99. The van der Waals surface area contributed by atoms with Crippen molar-refractivity contribution in [1.82, 2.24) is 0 Å². The van der Waals surface area contributed by atoms with E-state index in [0.29, 0.717) is 5.41 Å². The van der Waals surface area contributed by atoms with Crippen LogP contribution >= 0.6 is 0 Å². The molecule has 0 heterocycles. The quantitative estimate of drug-likeness (QED) is 0.573. The number of rotatable bonds is 2. The Balaban J connectivity index is 2.36. The average molecular weight is 195 g/mol. The van der Waals surface area contributed by atoms with Gasteiger partial charge in [0.15, 0.2) is 0 Å². The fourth-order valence-electron chi connectivity index (χ4n) is 2.79. The van der Waals surface area contributed by atoms with Gasteiger partial charge in [0, 0.05) is 0 Å². The van der Waals surface area contributed by atoms with Gasteiger partial charge in [-0.3, -0.25) is 0 Å². The van der Waals surface area contributed by atoms with E-state index in [1.54, 1.807) is 0 Å². The molecule has 1 aliphatic rings. The maximum Gasteiger partial charge on any atom is -0.0326 e. The topological polar surface area (TPSA) is 0 Å². The summed E-state index contributed by atoms with van der Waals surface area (Å²) in [5.74, 6) is 0. The van der Waals surface area contributed by atoms with Gasteiger partial charge < -0.3 is 0 Å². The highest BCUT2D eigenvalue weighted by Crippen LogP contribution is 2.36. The van der Waals surface area contributed by atoms with Gasteiger partial charge in [-0.25, -0.2) is 0 Å². The summed E-state index contributed by atoms with van der Waals surface area (Å²) in [4.78, 5) is 0. The van der Waals surface area contributed by atoms with E-state index in [1.807, 2.05) is 0 Å². The van der Waals surface area contributed by atoms with Gasteiger partial charge >= 0.3 is 0 Å². The van der Waals surface area contributed by atoms with Crippen molar-refractivity contribution < 1.29 is 0 Å². The second-order valence-electron chi connectivity index (χ2n) is 5.39. The van der Waals surface area contributed by atoms with Crippen LogP contribution in [0.4, 0.5) is 0 Å². The first kappa shape index (κ1) is 12.1. The molecule has 14 heavy (non-hydrogen) atoms. The van der Waals surface area contributed by atoms with Gasteiger partial charge in [0.25, 0.3) is 0 Å². The second-order valence-corrected chi connectivity index (χ2v) is 5.39. The summed E-state index contributed by atoms with van der Waals surface area (Å²) in [6.45, 7) is 6.51. The summed E-state index contributed by atoms with van der Waals surface area (Å²) < 4.78 is 0. The molecule has 0 aromatic carbocycles. The summed E-state index contributed by atoms with van der Waals surface area (Å²) in [7, 11) is 0. The Hall–Kier alpha value is 0. The highest BCUT2D eigenvalue weighted by molar-refractivity contribution is 4.75. The molecule has 0 aromatic heterocycles. The third-order valence-electron chi connectivity index (χ3n) is 3.84. The fraction of sp³-hybridized carbons (Fsp3) is 0.929. The molecule has 0 saturated heterocycles. The lowest BCUT2D eigenvalue weighted by atomic mass is 9.76. The van der Waals surface area contributed by atoms with E-state index in [9.17, 15) is 0 Å². The largest absolute Gasteiger partial charge is 0.0596 e. The summed E-state index contributed by atoms with van der Waals surface area (Å²) in [6.07, 6.45) is 15.6. The summed E-state index contributed by atoms with van der Waals surface area (Å²) in [5.41, 5.74) is 0.624. The van der Waals surface area contributed by atoms with Gasteiger partial charge in [0.1, 0.15) is 0 Å². The molecular weight excluding hydrogens is 168 g/mol. The third kappa shape index (κ3) is 4.48. The van der Waals surface area contributed by atoms with Crippen LogP contribution in [0.15, 0.2) is 0 Å². The van der Waals surface area contributed by atoms with Crippen LogP contribution in [0.5, 0.6) is 0 Å². The second kappa shape index (κ2) is 6.48. The normalized spacial score (nSPS) is 24.4. The van der Waals surface area contributed by atoms with Crippen LogP contribution in [0.2, 0.25) is 0 Å². The summed E-state index contributed by atoms with van der Waals surface area (Å²) in [5, 5.41) is 0. The van der Waals surface area contributed by atoms with Crippen molar-refractivity contribution in [3.63, 3.8) is 0 Å². The van der Waals surface area contributed by atoms with E-state index >= 15 is 0 Å². The summed E-state index contributed by atoms with van der Waals surface area (Å²) in [6, 6.07) is 0. The Kier molecular flexibility index (Phi) is 5.59. The van der Waals surface area contributed by atoms with Crippen LogP contribution in [0, 0.1) is 12.3 Å². The molecule has 1 radical (unpaired) electrons. The van der Waals surface area contributed by atoms with Gasteiger partial charge in [-0.05, 0) is 24.7 Å². The minimum Gasteiger partial charge on any atom is -0.0596 e. The molecular formula is C14H27. The van der Waals surface area contributed by atoms with Crippen molar-refractivity contribution in [2.75, 3.05) is 0 Å². The molecule has 0 amide bonds. The molecule has 83 valence electrons. The Labute approximate surface area is 90.5 Å². The van der Waals surface area contributed by atoms with Crippen molar-refractivity contribution in [3.05, 3.63) is 6.92 Å². The van der Waals surface area contributed by atoms with E-state index in [4.69, 9.17) is 0 Å². The van der Waals surface area contributed by atoms with Gasteiger partial charge in [-0.2, -0.15) is 0 Å². The van der Waals surface area contributed by atoms with Crippen molar-refractivity contribution in [3.8, 4) is 0 Å². The molecule has 1 saturated carbocycles. The van der Waals surface area contributed by atoms with E-state index in [2.05, 4.69) is 13.8 Å². The zero-order valence-corrected chi connectivity index (χ0v) is 9.99. The lowest BCUT2D eigenvalue weighted by molar-refractivity contribution is 0.227. The van der Waals surface area contributed by atoms with Crippen molar-refractivity contribution in [1.29, 1.82) is 0 Å². The number of hydrogen-bond acceptors (Lipinski definition) is 0. The van der Waals surface area contributed by atoms with E-state index in [0.717, 1.165) is 6.42 Å². The highest BCUT2D eigenvalue weighted by Gasteiger charge is 2.22. The predicted octanol–water partition coefficient (Wildman–Crippen LogP) is 5.13. The van der Waals surface area contributed by atoms with Crippen LogP contribution in [0.3, 0.4) is 0 Å². The average Bonchev–Trinajstić information content (AvgIpc) is 2.16. The monoisotopic (exact) mass is 195 g/mol.